The highest BCUT2D eigenvalue weighted by molar-refractivity contribution is 7.92. The minimum absolute atomic E-state index is 0.135. The monoisotopic (exact) mass is 490 g/mol. The molecule has 3 rings (SSSR count). The van der Waals surface area contributed by atoms with Crippen molar-refractivity contribution in [2.75, 3.05) is 10.8 Å². The van der Waals surface area contributed by atoms with Gasteiger partial charge in [-0.25, -0.2) is 8.42 Å². The Balaban J connectivity index is 1.92. The van der Waals surface area contributed by atoms with Gasteiger partial charge >= 0.3 is 6.18 Å². The molecule has 1 N–H and O–H groups in total. The summed E-state index contributed by atoms with van der Waals surface area (Å²) in [5, 5.41) is 2.81. The molecule has 3 aromatic rings. The van der Waals surface area contributed by atoms with Gasteiger partial charge in [0.05, 0.1) is 16.1 Å². The Hall–Kier alpha value is -3.33. The Morgan fingerprint density at radius 2 is 1.47 bits per heavy atom. The van der Waals surface area contributed by atoms with E-state index in [1.165, 1.54) is 30.3 Å². The SMILES string of the molecule is CC(C)(Cc1ccccc1)NC(=O)CN(c1cccc(C(F)(F)F)c1)S(=O)(=O)c1ccccc1. The van der Waals surface area contributed by atoms with Gasteiger partial charge in [-0.2, -0.15) is 13.2 Å². The van der Waals surface area contributed by atoms with Gasteiger partial charge in [-0.1, -0.05) is 54.6 Å². The number of alkyl halides is 3. The van der Waals surface area contributed by atoms with Gasteiger partial charge in [0.25, 0.3) is 10.0 Å². The van der Waals surface area contributed by atoms with E-state index in [4.69, 9.17) is 0 Å². The Kier molecular flexibility index (Phi) is 7.35. The zero-order chi connectivity index (χ0) is 25.0. The molecule has 0 saturated carbocycles. The van der Waals surface area contributed by atoms with Crippen molar-refractivity contribution in [1.29, 1.82) is 0 Å². The molecule has 1 amide bonds. The fourth-order valence-electron chi connectivity index (χ4n) is 3.57. The van der Waals surface area contributed by atoms with Crippen molar-refractivity contribution in [2.24, 2.45) is 0 Å². The van der Waals surface area contributed by atoms with Gasteiger partial charge in [-0.3, -0.25) is 9.10 Å². The first-order chi connectivity index (χ1) is 15.9. The van der Waals surface area contributed by atoms with E-state index in [-0.39, 0.29) is 10.6 Å². The zero-order valence-corrected chi connectivity index (χ0v) is 19.5. The molecule has 0 fully saturated rings. The summed E-state index contributed by atoms with van der Waals surface area (Å²) in [6.07, 6.45) is -4.19. The largest absolute Gasteiger partial charge is 0.416 e. The Bertz CT molecular complexity index is 1230. The number of nitrogens with one attached hydrogen (secondary N) is 1. The van der Waals surface area contributed by atoms with Crippen LogP contribution in [0.4, 0.5) is 18.9 Å². The lowest BCUT2D eigenvalue weighted by Crippen LogP contribution is -2.50. The van der Waals surface area contributed by atoms with Crippen LogP contribution in [0.2, 0.25) is 0 Å². The molecule has 180 valence electrons. The zero-order valence-electron chi connectivity index (χ0n) is 18.7. The van der Waals surface area contributed by atoms with Crippen molar-refractivity contribution >= 4 is 21.6 Å². The van der Waals surface area contributed by atoms with Gasteiger partial charge in [-0.15, -0.1) is 0 Å². The molecule has 9 heteroatoms. The normalized spacial score (nSPS) is 12.3. The van der Waals surface area contributed by atoms with Crippen LogP contribution >= 0.6 is 0 Å². The number of anilines is 1. The minimum atomic E-state index is -4.67. The third kappa shape index (κ3) is 6.38. The third-order valence-electron chi connectivity index (χ3n) is 5.05. The van der Waals surface area contributed by atoms with E-state index in [1.807, 2.05) is 30.3 Å². The molecule has 0 aromatic heterocycles. The predicted octanol–water partition coefficient (Wildman–Crippen LogP) is 5.04. The van der Waals surface area contributed by atoms with Gasteiger partial charge in [0.15, 0.2) is 0 Å². The van der Waals surface area contributed by atoms with Crippen molar-refractivity contribution in [3.05, 3.63) is 96.1 Å². The summed E-state index contributed by atoms with van der Waals surface area (Å²) < 4.78 is 67.3. The van der Waals surface area contributed by atoms with Crippen LogP contribution in [0.15, 0.2) is 89.8 Å². The van der Waals surface area contributed by atoms with E-state index < -0.39 is 39.8 Å². The number of hydrogen-bond acceptors (Lipinski definition) is 3. The quantitative estimate of drug-likeness (QED) is 0.481. The Labute approximate surface area is 197 Å². The highest BCUT2D eigenvalue weighted by Crippen LogP contribution is 2.33. The van der Waals surface area contributed by atoms with Crippen LogP contribution in [0.5, 0.6) is 0 Å². The molecular formula is C25H25F3N2O3S. The van der Waals surface area contributed by atoms with Crippen molar-refractivity contribution in [1.82, 2.24) is 5.32 Å². The van der Waals surface area contributed by atoms with Crippen LogP contribution < -0.4 is 9.62 Å². The molecule has 0 atom stereocenters. The summed E-state index contributed by atoms with van der Waals surface area (Å²) in [7, 11) is -4.32. The van der Waals surface area contributed by atoms with E-state index in [1.54, 1.807) is 19.9 Å². The number of sulfonamides is 1. The van der Waals surface area contributed by atoms with Crippen LogP contribution in [0.3, 0.4) is 0 Å². The van der Waals surface area contributed by atoms with E-state index >= 15 is 0 Å². The van der Waals surface area contributed by atoms with E-state index in [9.17, 15) is 26.4 Å². The molecule has 0 aliphatic rings. The number of halogens is 3. The van der Waals surface area contributed by atoms with E-state index in [0.717, 1.165) is 23.8 Å². The average molecular weight is 491 g/mol. The molecule has 0 heterocycles. The van der Waals surface area contributed by atoms with Crippen LogP contribution in [0, 0.1) is 0 Å². The Morgan fingerprint density at radius 3 is 2.06 bits per heavy atom. The van der Waals surface area contributed by atoms with Crippen LogP contribution in [0.1, 0.15) is 25.0 Å². The second kappa shape index (κ2) is 9.89. The van der Waals surface area contributed by atoms with Gasteiger partial charge in [0.1, 0.15) is 6.54 Å². The first-order valence-corrected chi connectivity index (χ1v) is 11.9. The summed E-state index contributed by atoms with van der Waals surface area (Å²) in [6.45, 7) is 2.90. The second-order valence-electron chi connectivity index (χ2n) is 8.47. The fraction of sp³-hybridized carbons (Fsp3) is 0.240. The van der Waals surface area contributed by atoms with E-state index in [0.29, 0.717) is 10.7 Å². The number of nitrogens with zero attached hydrogens (tertiary/aromatic N) is 1. The van der Waals surface area contributed by atoms with Crippen molar-refractivity contribution in [3.63, 3.8) is 0 Å². The maximum atomic E-state index is 13.4. The highest BCUT2D eigenvalue weighted by Gasteiger charge is 2.34. The lowest BCUT2D eigenvalue weighted by molar-refractivity contribution is -0.137. The number of amides is 1. The fourth-order valence-corrected chi connectivity index (χ4v) is 5.00. The summed E-state index contributed by atoms with van der Waals surface area (Å²) in [5.41, 5.74) is -1.02. The van der Waals surface area contributed by atoms with Crippen molar-refractivity contribution in [3.8, 4) is 0 Å². The molecule has 0 bridgehead atoms. The maximum Gasteiger partial charge on any atom is 0.416 e. The number of benzene rings is 3. The first-order valence-electron chi connectivity index (χ1n) is 10.5. The summed E-state index contributed by atoms with van der Waals surface area (Å²) in [6, 6.07) is 20.6. The molecule has 3 aromatic carbocycles. The van der Waals surface area contributed by atoms with Crippen LogP contribution in [-0.2, 0) is 27.4 Å². The lowest BCUT2D eigenvalue weighted by Gasteiger charge is -2.29. The van der Waals surface area contributed by atoms with E-state index in [2.05, 4.69) is 5.32 Å². The second-order valence-corrected chi connectivity index (χ2v) is 10.3. The summed E-state index contributed by atoms with van der Waals surface area (Å²) in [4.78, 5) is 12.8. The van der Waals surface area contributed by atoms with Gasteiger partial charge in [-0.05, 0) is 56.2 Å². The standard InChI is InChI=1S/C25H25F3N2O3S/c1-24(2,17-19-10-5-3-6-11-19)29-23(31)18-30(34(32,33)22-14-7-4-8-15-22)21-13-9-12-20(16-21)25(26,27)28/h3-16H,17-18H2,1-2H3,(H,29,31). The number of hydrogen-bond donors (Lipinski definition) is 1. The molecule has 34 heavy (non-hydrogen) atoms. The topological polar surface area (TPSA) is 66.5 Å². The van der Waals surface area contributed by atoms with Crippen molar-refractivity contribution in [2.45, 2.75) is 36.9 Å². The van der Waals surface area contributed by atoms with Gasteiger partial charge in [0, 0.05) is 5.54 Å². The minimum Gasteiger partial charge on any atom is -0.349 e. The third-order valence-corrected chi connectivity index (χ3v) is 6.83. The van der Waals surface area contributed by atoms with Crippen LogP contribution in [0.25, 0.3) is 0 Å². The first kappa shape index (κ1) is 25.3. The molecule has 0 saturated heterocycles. The smallest absolute Gasteiger partial charge is 0.349 e. The summed E-state index contributed by atoms with van der Waals surface area (Å²) >= 11 is 0. The molecule has 5 nitrogen and oxygen atoms in total. The molecule has 0 spiro atoms. The molecule has 0 aliphatic carbocycles. The lowest BCUT2D eigenvalue weighted by atomic mass is 9.95. The summed E-state index contributed by atoms with van der Waals surface area (Å²) in [5.74, 6) is -0.641. The number of rotatable bonds is 8. The van der Waals surface area contributed by atoms with Gasteiger partial charge in [0.2, 0.25) is 5.91 Å². The molecule has 0 radical (unpaired) electrons. The highest BCUT2D eigenvalue weighted by atomic mass is 32.2. The Morgan fingerprint density at radius 1 is 0.882 bits per heavy atom. The van der Waals surface area contributed by atoms with Crippen molar-refractivity contribution < 1.29 is 26.4 Å². The predicted molar refractivity (Wildman–Crippen MR) is 125 cm³/mol. The van der Waals surface area contributed by atoms with Gasteiger partial charge < -0.3 is 5.32 Å². The average Bonchev–Trinajstić information content (AvgIpc) is 2.77. The molecular weight excluding hydrogens is 465 g/mol. The number of carbonyl (C=O) groups excluding carboxylic acids is 1. The maximum absolute atomic E-state index is 13.4. The number of carbonyl (C=O) groups is 1. The van der Waals surface area contributed by atoms with Crippen LogP contribution in [-0.4, -0.2) is 26.4 Å². The molecule has 0 aliphatic heterocycles. The molecule has 0 unspecified atom stereocenters.